The monoisotopic (exact) mass is 546 g/mol. The minimum Gasteiger partial charge on any atom is -0.318 e. The van der Waals surface area contributed by atoms with E-state index in [4.69, 9.17) is 0 Å². The predicted octanol–water partition coefficient (Wildman–Crippen LogP) is 5.50. The van der Waals surface area contributed by atoms with E-state index in [0.717, 1.165) is 50.2 Å². The van der Waals surface area contributed by atoms with E-state index in [1.54, 1.807) is 12.1 Å². The molecule has 0 atom stereocenters. The van der Waals surface area contributed by atoms with Crippen LogP contribution in [0.3, 0.4) is 0 Å². The number of aryl methyl sites for hydroxylation is 4. The van der Waals surface area contributed by atoms with E-state index in [1.165, 1.54) is 36.0 Å². The minimum absolute atomic E-state index is 0.0209. The summed E-state index contributed by atoms with van der Waals surface area (Å²) in [6, 6.07) is 19.5. The Morgan fingerprint density at radius 3 is 2.21 bits per heavy atom. The van der Waals surface area contributed by atoms with Gasteiger partial charge >= 0.3 is 0 Å². The lowest BCUT2D eigenvalue weighted by Gasteiger charge is -2.23. The summed E-state index contributed by atoms with van der Waals surface area (Å²) in [6.45, 7) is 9.39. The highest BCUT2D eigenvalue weighted by Crippen LogP contribution is 2.25. The van der Waals surface area contributed by atoms with Gasteiger partial charge in [0.1, 0.15) is 12.4 Å². The van der Waals surface area contributed by atoms with E-state index in [9.17, 15) is 17.6 Å². The van der Waals surface area contributed by atoms with Crippen LogP contribution in [0.2, 0.25) is 0 Å². The maximum Gasteiger partial charge on any atom is 0.264 e. The third kappa shape index (κ3) is 6.09. The van der Waals surface area contributed by atoms with Crippen LogP contribution in [0, 0.1) is 40.4 Å². The summed E-state index contributed by atoms with van der Waals surface area (Å²) in [6.07, 6.45) is 1.54. The van der Waals surface area contributed by atoms with Crippen LogP contribution in [0.15, 0.2) is 82.8 Å². The number of carbonyl (C=O) groups is 1. The van der Waals surface area contributed by atoms with Crippen LogP contribution in [-0.2, 0) is 14.8 Å². The van der Waals surface area contributed by atoms with Crippen LogP contribution in [0.5, 0.6) is 0 Å². The molecule has 3 aromatic carbocycles. The summed E-state index contributed by atoms with van der Waals surface area (Å²) in [4.78, 5) is 12.9. The van der Waals surface area contributed by atoms with Gasteiger partial charge in [-0.1, -0.05) is 35.4 Å². The first-order chi connectivity index (χ1) is 18.5. The van der Waals surface area contributed by atoms with Gasteiger partial charge in [0, 0.05) is 22.6 Å². The number of amides is 1. The standard InChI is InChI=1S/C30H31FN4O3S/c1-20-6-13-28(14-7-20)39(37,38)34(27-11-9-26(31)10-12-27)19-30(36)33-32-18-25-17-23(4)35(24(25)5)29-15-8-21(2)16-22(29)3/h6-18H,19H2,1-5H3,(H,33,36)/b32-18-. The number of nitrogens with zero attached hydrogens (tertiary/aromatic N) is 3. The Labute approximate surface area is 228 Å². The number of carbonyl (C=O) groups excluding carboxylic acids is 1. The van der Waals surface area contributed by atoms with Crippen LogP contribution in [0.1, 0.15) is 33.6 Å². The highest BCUT2D eigenvalue weighted by molar-refractivity contribution is 7.92. The molecule has 0 aliphatic rings. The zero-order valence-electron chi connectivity index (χ0n) is 22.6. The van der Waals surface area contributed by atoms with Crippen molar-refractivity contribution in [1.29, 1.82) is 0 Å². The Bertz CT molecular complexity index is 1640. The number of anilines is 1. The number of hydrazone groups is 1. The molecule has 0 bridgehead atoms. The van der Waals surface area contributed by atoms with Gasteiger partial charge in [0.2, 0.25) is 0 Å². The number of nitrogens with one attached hydrogen (secondary N) is 1. The molecule has 1 aromatic heterocycles. The summed E-state index contributed by atoms with van der Waals surface area (Å²) in [7, 11) is -4.11. The number of hydrogen-bond acceptors (Lipinski definition) is 4. The van der Waals surface area contributed by atoms with Gasteiger partial charge in [0.15, 0.2) is 0 Å². The van der Waals surface area contributed by atoms with Crippen molar-refractivity contribution in [3.63, 3.8) is 0 Å². The summed E-state index contributed by atoms with van der Waals surface area (Å²) >= 11 is 0. The van der Waals surface area contributed by atoms with Crippen molar-refractivity contribution >= 4 is 27.8 Å². The van der Waals surface area contributed by atoms with Crippen LogP contribution in [0.4, 0.5) is 10.1 Å². The molecule has 4 aromatic rings. The predicted molar refractivity (Wildman–Crippen MR) is 153 cm³/mol. The molecule has 7 nitrogen and oxygen atoms in total. The van der Waals surface area contributed by atoms with Crippen molar-refractivity contribution in [1.82, 2.24) is 9.99 Å². The van der Waals surface area contributed by atoms with Gasteiger partial charge in [0.05, 0.1) is 16.8 Å². The van der Waals surface area contributed by atoms with Crippen LogP contribution in [-0.4, -0.2) is 31.7 Å². The van der Waals surface area contributed by atoms with Crippen molar-refractivity contribution in [2.24, 2.45) is 5.10 Å². The Hall–Kier alpha value is -4.24. The Balaban J connectivity index is 1.56. The van der Waals surface area contributed by atoms with E-state index in [2.05, 4.69) is 47.1 Å². The maximum absolute atomic E-state index is 13.5. The number of halogens is 1. The molecule has 0 aliphatic heterocycles. The number of rotatable bonds is 8. The van der Waals surface area contributed by atoms with E-state index in [0.29, 0.717) is 0 Å². The van der Waals surface area contributed by atoms with Crippen molar-refractivity contribution in [3.8, 4) is 5.69 Å². The Morgan fingerprint density at radius 1 is 0.923 bits per heavy atom. The fourth-order valence-corrected chi connectivity index (χ4v) is 5.87. The van der Waals surface area contributed by atoms with Crippen LogP contribution >= 0.6 is 0 Å². The van der Waals surface area contributed by atoms with E-state index < -0.39 is 28.3 Å². The number of hydrogen-bond donors (Lipinski definition) is 1. The van der Waals surface area contributed by atoms with Gasteiger partial charge in [-0.3, -0.25) is 9.10 Å². The second-order valence-electron chi connectivity index (χ2n) is 9.55. The molecule has 0 saturated carbocycles. The number of aromatic nitrogens is 1. The summed E-state index contributed by atoms with van der Waals surface area (Å²) in [5.41, 5.74) is 9.66. The summed E-state index contributed by atoms with van der Waals surface area (Å²) < 4.78 is 43.5. The molecule has 202 valence electrons. The smallest absolute Gasteiger partial charge is 0.264 e. The van der Waals surface area contributed by atoms with Gasteiger partial charge < -0.3 is 4.57 Å². The topological polar surface area (TPSA) is 83.8 Å². The van der Waals surface area contributed by atoms with E-state index in [1.807, 2.05) is 26.8 Å². The molecule has 9 heteroatoms. The molecular formula is C30H31FN4O3S. The normalized spacial score (nSPS) is 11.6. The lowest BCUT2D eigenvalue weighted by Crippen LogP contribution is -2.39. The fraction of sp³-hybridized carbons (Fsp3) is 0.200. The first-order valence-corrected chi connectivity index (χ1v) is 13.8. The Kier molecular flexibility index (Phi) is 8.01. The first kappa shape index (κ1) is 27.8. The average molecular weight is 547 g/mol. The SMILES string of the molecule is Cc1ccc(S(=O)(=O)N(CC(=O)N/N=C\c2cc(C)n(-c3ccc(C)cc3C)c2C)c2ccc(F)cc2)cc1. The van der Waals surface area contributed by atoms with E-state index >= 15 is 0 Å². The zero-order valence-corrected chi connectivity index (χ0v) is 23.4. The van der Waals surface area contributed by atoms with Gasteiger partial charge in [-0.15, -0.1) is 0 Å². The summed E-state index contributed by atoms with van der Waals surface area (Å²) in [5, 5.41) is 4.09. The third-order valence-electron chi connectivity index (χ3n) is 6.47. The highest BCUT2D eigenvalue weighted by Gasteiger charge is 2.27. The van der Waals surface area contributed by atoms with Gasteiger partial charge in [-0.05, 0) is 88.7 Å². The van der Waals surface area contributed by atoms with Gasteiger partial charge in [0.25, 0.3) is 15.9 Å². The van der Waals surface area contributed by atoms with Crippen molar-refractivity contribution in [2.75, 3.05) is 10.8 Å². The lowest BCUT2D eigenvalue weighted by atomic mass is 10.1. The average Bonchev–Trinajstić information content (AvgIpc) is 3.16. The molecule has 0 radical (unpaired) electrons. The first-order valence-electron chi connectivity index (χ1n) is 12.4. The van der Waals surface area contributed by atoms with E-state index in [-0.39, 0.29) is 10.6 Å². The molecule has 1 amide bonds. The molecule has 0 unspecified atom stereocenters. The van der Waals surface area contributed by atoms with Crippen molar-refractivity contribution in [2.45, 2.75) is 39.5 Å². The summed E-state index contributed by atoms with van der Waals surface area (Å²) in [5.74, 6) is -1.16. The molecule has 39 heavy (non-hydrogen) atoms. The van der Waals surface area contributed by atoms with Gasteiger partial charge in [-0.2, -0.15) is 5.10 Å². The highest BCUT2D eigenvalue weighted by atomic mass is 32.2. The third-order valence-corrected chi connectivity index (χ3v) is 8.26. The zero-order chi connectivity index (χ0) is 28.3. The molecule has 4 rings (SSSR count). The van der Waals surface area contributed by atoms with Crippen LogP contribution < -0.4 is 9.73 Å². The molecule has 1 heterocycles. The molecule has 1 N–H and O–H groups in total. The Morgan fingerprint density at radius 2 is 1.56 bits per heavy atom. The minimum atomic E-state index is -4.11. The molecule has 0 saturated heterocycles. The largest absolute Gasteiger partial charge is 0.318 e. The van der Waals surface area contributed by atoms with Crippen molar-refractivity contribution < 1.29 is 17.6 Å². The molecular weight excluding hydrogens is 515 g/mol. The quantitative estimate of drug-likeness (QED) is 0.234. The number of benzene rings is 3. The second-order valence-corrected chi connectivity index (χ2v) is 11.4. The number of sulfonamides is 1. The lowest BCUT2D eigenvalue weighted by molar-refractivity contribution is -0.119. The van der Waals surface area contributed by atoms with Gasteiger partial charge in [-0.25, -0.2) is 18.2 Å². The molecule has 0 fully saturated rings. The van der Waals surface area contributed by atoms with Crippen molar-refractivity contribution in [3.05, 3.63) is 112 Å². The molecule has 0 aliphatic carbocycles. The maximum atomic E-state index is 13.5. The molecule has 0 spiro atoms. The fourth-order valence-electron chi connectivity index (χ4n) is 4.44. The van der Waals surface area contributed by atoms with Crippen LogP contribution in [0.25, 0.3) is 5.69 Å². The second kappa shape index (κ2) is 11.2.